The number of nitrogens with zero attached hydrogens (tertiary/aromatic N) is 2. The predicted octanol–water partition coefficient (Wildman–Crippen LogP) is 15.3. The Morgan fingerprint density at radius 1 is 0.263 bits per heavy atom. The molecule has 0 aliphatic rings. The second-order valence-corrected chi connectivity index (χ2v) is 15.9. The van der Waals surface area contributed by atoms with Gasteiger partial charge < -0.3 is 0 Å². The van der Waals surface area contributed by atoms with Gasteiger partial charge >= 0.3 is 0 Å². The lowest BCUT2D eigenvalue weighted by Gasteiger charge is -2.19. The van der Waals surface area contributed by atoms with Crippen LogP contribution in [0.1, 0.15) is 0 Å². The molecule has 0 bridgehead atoms. The van der Waals surface area contributed by atoms with Gasteiger partial charge in [-0.25, -0.2) is 9.97 Å². The number of aromatic nitrogens is 2. The second kappa shape index (κ2) is 12.7. The van der Waals surface area contributed by atoms with Crippen LogP contribution in [-0.4, -0.2) is 9.97 Å². The van der Waals surface area contributed by atoms with Gasteiger partial charge in [-0.1, -0.05) is 164 Å². The monoisotopic (exact) mass is 740 g/mol. The summed E-state index contributed by atoms with van der Waals surface area (Å²) in [5.41, 5.74) is 7.41. The molecule has 2 heterocycles. The smallest absolute Gasteiger partial charge is 0.160 e. The van der Waals surface area contributed by atoms with Gasteiger partial charge in [-0.2, -0.15) is 0 Å². The zero-order chi connectivity index (χ0) is 37.5. The molecule has 3 heteroatoms. The van der Waals surface area contributed by atoms with Crippen LogP contribution in [0.25, 0.3) is 119 Å². The van der Waals surface area contributed by atoms with E-state index in [2.05, 4.69) is 170 Å². The van der Waals surface area contributed by atoms with Crippen molar-refractivity contribution < 1.29 is 0 Å². The van der Waals surface area contributed by atoms with Crippen LogP contribution in [0.3, 0.4) is 0 Å². The largest absolute Gasteiger partial charge is 0.228 e. The number of hydrogen-bond acceptors (Lipinski definition) is 3. The molecule has 2 nitrogen and oxygen atoms in total. The normalized spacial score (nSPS) is 11.9. The van der Waals surface area contributed by atoms with Crippen LogP contribution in [0.2, 0.25) is 0 Å². The summed E-state index contributed by atoms with van der Waals surface area (Å²) in [6.07, 6.45) is 0. The van der Waals surface area contributed by atoms with E-state index < -0.39 is 0 Å². The number of thiophene rings is 1. The van der Waals surface area contributed by atoms with Crippen LogP contribution in [-0.2, 0) is 0 Å². The highest BCUT2D eigenvalue weighted by Crippen LogP contribution is 2.47. The van der Waals surface area contributed by atoms with Gasteiger partial charge in [0.1, 0.15) is 0 Å². The molecule has 0 amide bonds. The molecular weight excluding hydrogens is 709 g/mol. The first-order valence-electron chi connectivity index (χ1n) is 19.4. The highest BCUT2D eigenvalue weighted by molar-refractivity contribution is 7.25. The maximum atomic E-state index is 5.33. The van der Waals surface area contributed by atoms with Crippen LogP contribution in [0.4, 0.5) is 0 Å². The zero-order valence-corrected chi connectivity index (χ0v) is 31.6. The summed E-state index contributed by atoms with van der Waals surface area (Å²) in [4.78, 5) is 10.5. The Morgan fingerprint density at radius 3 is 1.42 bits per heavy atom. The van der Waals surface area contributed by atoms with E-state index in [9.17, 15) is 0 Å². The van der Waals surface area contributed by atoms with Crippen LogP contribution >= 0.6 is 11.3 Å². The molecule has 0 fully saturated rings. The minimum Gasteiger partial charge on any atom is -0.228 e. The Bertz CT molecular complexity index is 3450. The van der Waals surface area contributed by atoms with E-state index >= 15 is 0 Å². The van der Waals surface area contributed by atoms with Crippen molar-refractivity contribution in [1.29, 1.82) is 0 Å². The van der Waals surface area contributed by atoms with E-state index in [-0.39, 0.29) is 0 Å². The molecule has 10 aromatic carbocycles. The van der Waals surface area contributed by atoms with Gasteiger partial charge in [-0.05, 0) is 95.3 Å². The first kappa shape index (κ1) is 32.1. The molecule has 0 N–H and O–H groups in total. The van der Waals surface area contributed by atoms with Gasteiger partial charge in [-0.15, -0.1) is 11.3 Å². The molecular formula is C54H32N2S. The summed E-state index contributed by atoms with van der Waals surface area (Å²) < 4.78 is 2.66. The zero-order valence-electron chi connectivity index (χ0n) is 30.8. The van der Waals surface area contributed by atoms with Gasteiger partial charge in [0.05, 0.1) is 11.4 Å². The minimum absolute atomic E-state index is 0.713. The Balaban J connectivity index is 1.14. The molecule has 0 saturated carbocycles. The molecule has 0 spiro atoms. The van der Waals surface area contributed by atoms with E-state index in [1.807, 2.05) is 35.6 Å². The fourth-order valence-electron chi connectivity index (χ4n) is 9.09. The van der Waals surface area contributed by atoms with E-state index in [1.165, 1.54) is 74.4 Å². The van der Waals surface area contributed by atoms with Crippen LogP contribution < -0.4 is 0 Å². The summed E-state index contributed by atoms with van der Waals surface area (Å²) in [5.74, 6) is 0.713. The van der Waals surface area contributed by atoms with Crippen molar-refractivity contribution in [2.75, 3.05) is 0 Å². The molecule has 264 valence electrons. The fourth-order valence-corrected chi connectivity index (χ4v) is 10.2. The van der Waals surface area contributed by atoms with Crippen LogP contribution in [0.15, 0.2) is 194 Å². The van der Waals surface area contributed by atoms with E-state index in [0.29, 0.717) is 5.82 Å². The van der Waals surface area contributed by atoms with Crippen molar-refractivity contribution >= 4 is 85.4 Å². The van der Waals surface area contributed by atoms with Crippen molar-refractivity contribution in [3.8, 4) is 45.0 Å². The number of fused-ring (bicyclic) bond motifs is 11. The maximum Gasteiger partial charge on any atom is 0.160 e. The maximum absolute atomic E-state index is 5.33. The SMILES string of the molecule is c1ccc(-c2cc(-c3c4ccccc4c(-c4ccc5c(c4)c4ccccc4c4cc6sc7ccccc7c6cc54)c4ccccc34)nc(-c3ccccc3)n2)cc1. The molecule has 57 heavy (non-hydrogen) atoms. The molecule has 2 aromatic heterocycles. The summed E-state index contributed by atoms with van der Waals surface area (Å²) in [6.45, 7) is 0. The average molecular weight is 741 g/mol. The van der Waals surface area contributed by atoms with E-state index in [0.717, 1.165) is 38.9 Å². The lowest BCUT2D eigenvalue weighted by atomic mass is 9.85. The summed E-state index contributed by atoms with van der Waals surface area (Å²) >= 11 is 1.88. The molecule has 12 rings (SSSR count). The van der Waals surface area contributed by atoms with Gasteiger partial charge in [-0.3, -0.25) is 0 Å². The lowest BCUT2D eigenvalue weighted by molar-refractivity contribution is 1.19. The van der Waals surface area contributed by atoms with Crippen molar-refractivity contribution in [2.45, 2.75) is 0 Å². The van der Waals surface area contributed by atoms with Gasteiger partial charge in [0.15, 0.2) is 5.82 Å². The van der Waals surface area contributed by atoms with E-state index in [4.69, 9.17) is 9.97 Å². The standard InChI is InChI=1S/C54H32N2S/c1-3-15-33(16-4-1)48-32-49(56-54(55-48)34-17-5-2-6-18-34)53-42-24-11-9-22-40(42)52(41-23-10-12-25-43(41)53)35-27-28-38-44(29-35)36-19-7-8-20-37(36)46-31-51-47(30-45(38)46)39-21-13-14-26-50(39)57-51/h1-32H. The Hall–Kier alpha value is -7.20. The summed E-state index contributed by atoms with van der Waals surface area (Å²) in [6, 6.07) is 70.3. The first-order chi connectivity index (χ1) is 28.3. The van der Waals surface area contributed by atoms with Crippen molar-refractivity contribution in [3.05, 3.63) is 194 Å². The average Bonchev–Trinajstić information content (AvgIpc) is 3.65. The highest BCUT2D eigenvalue weighted by atomic mass is 32.1. The lowest BCUT2D eigenvalue weighted by Crippen LogP contribution is -1.98. The van der Waals surface area contributed by atoms with Crippen LogP contribution in [0, 0.1) is 0 Å². The topological polar surface area (TPSA) is 25.8 Å². The molecule has 0 saturated heterocycles. The third-order valence-electron chi connectivity index (χ3n) is 11.6. The van der Waals surface area contributed by atoms with E-state index in [1.54, 1.807) is 0 Å². The minimum atomic E-state index is 0.713. The number of hydrogen-bond donors (Lipinski definition) is 0. The van der Waals surface area contributed by atoms with Crippen LogP contribution in [0.5, 0.6) is 0 Å². The fraction of sp³-hybridized carbons (Fsp3) is 0. The molecule has 12 aromatic rings. The number of rotatable bonds is 4. The molecule has 0 aliphatic heterocycles. The third kappa shape index (κ3) is 5.03. The second-order valence-electron chi connectivity index (χ2n) is 14.8. The first-order valence-corrected chi connectivity index (χ1v) is 20.2. The Morgan fingerprint density at radius 2 is 0.754 bits per heavy atom. The van der Waals surface area contributed by atoms with Crippen molar-refractivity contribution in [3.63, 3.8) is 0 Å². The summed E-state index contributed by atoms with van der Waals surface area (Å²) in [5, 5.41) is 15.1. The molecule has 0 aliphatic carbocycles. The van der Waals surface area contributed by atoms with Gasteiger partial charge in [0.25, 0.3) is 0 Å². The Labute approximate surface area is 333 Å². The number of benzene rings is 10. The molecule has 0 unspecified atom stereocenters. The summed E-state index contributed by atoms with van der Waals surface area (Å²) in [7, 11) is 0. The quantitative estimate of drug-likeness (QED) is 0.133. The molecule has 0 atom stereocenters. The van der Waals surface area contributed by atoms with Gasteiger partial charge in [0, 0.05) is 36.9 Å². The molecule has 0 radical (unpaired) electrons. The predicted molar refractivity (Wildman–Crippen MR) is 244 cm³/mol. The van der Waals surface area contributed by atoms with Gasteiger partial charge in [0.2, 0.25) is 0 Å². The van der Waals surface area contributed by atoms with Crippen molar-refractivity contribution in [2.24, 2.45) is 0 Å². The van der Waals surface area contributed by atoms with Crippen molar-refractivity contribution in [1.82, 2.24) is 9.97 Å². The highest BCUT2D eigenvalue weighted by Gasteiger charge is 2.21. The Kier molecular flexibility index (Phi) is 7.13. The third-order valence-corrected chi connectivity index (χ3v) is 12.8.